The average molecular weight is 312 g/mol. The zero-order valence-corrected chi connectivity index (χ0v) is 11.9. The van der Waals surface area contributed by atoms with Crippen LogP contribution in [0.25, 0.3) is 10.9 Å². The number of nitrogens with zero attached hydrogens (tertiary/aromatic N) is 1. The number of ether oxygens (including phenoxy) is 1. The molecular formula is C15H15F3N2O2. The van der Waals surface area contributed by atoms with Gasteiger partial charge in [-0.25, -0.2) is 4.79 Å². The van der Waals surface area contributed by atoms with Crippen molar-refractivity contribution in [3.63, 3.8) is 0 Å². The molecule has 0 radical (unpaired) electrons. The van der Waals surface area contributed by atoms with Gasteiger partial charge in [0.05, 0.1) is 12.1 Å². The van der Waals surface area contributed by atoms with Gasteiger partial charge in [0.15, 0.2) is 0 Å². The molecule has 7 heteroatoms. The van der Waals surface area contributed by atoms with Crippen molar-refractivity contribution in [1.29, 1.82) is 0 Å². The molecule has 22 heavy (non-hydrogen) atoms. The minimum absolute atomic E-state index is 0.0755. The predicted molar refractivity (Wildman–Crippen MR) is 75.1 cm³/mol. The van der Waals surface area contributed by atoms with Gasteiger partial charge in [-0.15, -0.1) is 0 Å². The van der Waals surface area contributed by atoms with Crippen LogP contribution in [0, 0.1) is 0 Å². The molecule has 0 saturated carbocycles. The molecule has 1 aromatic heterocycles. The molecule has 0 aliphatic heterocycles. The quantitative estimate of drug-likeness (QED) is 0.881. The van der Waals surface area contributed by atoms with Crippen LogP contribution >= 0.6 is 0 Å². The number of halogens is 3. The molecule has 0 aliphatic rings. The first kappa shape index (κ1) is 16.2. The van der Waals surface area contributed by atoms with Crippen molar-refractivity contribution < 1.29 is 22.7 Å². The minimum atomic E-state index is -4.94. The van der Waals surface area contributed by atoms with E-state index in [2.05, 4.69) is 9.72 Å². The number of hydrogen-bond acceptors (Lipinski definition) is 4. The molecule has 0 aliphatic carbocycles. The first-order valence-electron chi connectivity index (χ1n) is 6.65. The Labute approximate surface area is 125 Å². The minimum Gasteiger partial charge on any atom is -0.464 e. The van der Waals surface area contributed by atoms with E-state index < -0.39 is 24.1 Å². The van der Waals surface area contributed by atoms with Crippen molar-refractivity contribution in [2.45, 2.75) is 25.1 Å². The second-order valence-electron chi connectivity index (χ2n) is 4.86. The van der Waals surface area contributed by atoms with Crippen LogP contribution in [0.5, 0.6) is 0 Å². The number of benzene rings is 1. The van der Waals surface area contributed by atoms with Crippen LogP contribution in [0.15, 0.2) is 36.4 Å². The summed E-state index contributed by atoms with van der Waals surface area (Å²) in [6.07, 6.45) is -5.72. The third kappa shape index (κ3) is 3.04. The van der Waals surface area contributed by atoms with Crippen LogP contribution in [-0.4, -0.2) is 29.3 Å². The number of fused-ring (bicyclic) bond motifs is 1. The van der Waals surface area contributed by atoms with E-state index in [0.29, 0.717) is 5.52 Å². The van der Waals surface area contributed by atoms with Crippen molar-refractivity contribution in [1.82, 2.24) is 4.98 Å². The zero-order valence-electron chi connectivity index (χ0n) is 11.9. The molecule has 118 valence electrons. The number of rotatable bonds is 4. The number of alkyl halides is 3. The van der Waals surface area contributed by atoms with Crippen molar-refractivity contribution in [2.24, 2.45) is 5.73 Å². The second-order valence-corrected chi connectivity index (χ2v) is 4.86. The van der Waals surface area contributed by atoms with Crippen LogP contribution in [0.4, 0.5) is 13.2 Å². The highest BCUT2D eigenvalue weighted by Crippen LogP contribution is 2.32. The lowest BCUT2D eigenvalue weighted by Crippen LogP contribution is -2.61. The third-order valence-electron chi connectivity index (χ3n) is 3.26. The van der Waals surface area contributed by atoms with Gasteiger partial charge < -0.3 is 10.5 Å². The van der Waals surface area contributed by atoms with Crippen molar-refractivity contribution >= 4 is 16.9 Å². The smallest absolute Gasteiger partial charge is 0.417 e. The fraction of sp³-hybridized carbons (Fsp3) is 0.333. The van der Waals surface area contributed by atoms with Gasteiger partial charge in [0, 0.05) is 17.5 Å². The Morgan fingerprint density at radius 1 is 1.23 bits per heavy atom. The summed E-state index contributed by atoms with van der Waals surface area (Å²) < 4.78 is 44.2. The maximum Gasteiger partial charge on any atom is 0.417 e. The van der Waals surface area contributed by atoms with E-state index in [-0.39, 0.29) is 12.3 Å². The molecule has 2 aromatic rings. The SMILES string of the molecule is CCOC(=O)[C@@](N)(Cc1ccc2ccccc2n1)C(F)(F)F. The molecule has 0 fully saturated rings. The third-order valence-corrected chi connectivity index (χ3v) is 3.26. The molecule has 1 aromatic carbocycles. The van der Waals surface area contributed by atoms with Crippen molar-refractivity contribution in [2.75, 3.05) is 6.61 Å². The van der Waals surface area contributed by atoms with Crippen LogP contribution in [-0.2, 0) is 16.0 Å². The molecule has 0 bridgehead atoms. The van der Waals surface area contributed by atoms with Gasteiger partial charge >= 0.3 is 12.1 Å². The summed E-state index contributed by atoms with van der Waals surface area (Å²) >= 11 is 0. The number of nitrogens with two attached hydrogens (primary N) is 1. The number of pyridine rings is 1. The average Bonchev–Trinajstić information content (AvgIpc) is 2.46. The summed E-state index contributed by atoms with van der Waals surface area (Å²) in [5.74, 6) is -1.50. The van der Waals surface area contributed by atoms with E-state index in [1.165, 1.54) is 13.0 Å². The Balaban J connectivity index is 2.38. The molecule has 2 N–H and O–H groups in total. The topological polar surface area (TPSA) is 65.2 Å². The Morgan fingerprint density at radius 2 is 1.91 bits per heavy atom. The van der Waals surface area contributed by atoms with E-state index in [1.54, 1.807) is 30.3 Å². The van der Waals surface area contributed by atoms with E-state index in [4.69, 9.17) is 5.73 Å². The maximum absolute atomic E-state index is 13.2. The number of carbonyl (C=O) groups excluding carboxylic acids is 1. The highest BCUT2D eigenvalue weighted by Gasteiger charge is 2.59. The standard InChI is InChI=1S/C15H15F3N2O2/c1-2-22-13(21)14(19,15(16,17)18)9-11-8-7-10-5-3-4-6-12(10)20-11/h3-8H,2,9,19H2,1H3/t14-/m0/s1. The largest absolute Gasteiger partial charge is 0.464 e. The normalized spacial score (nSPS) is 14.6. The molecular weight excluding hydrogens is 297 g/mol. The number of esters is 1. The van der Waals surface area contributed by atoms with Crippen molar-refractivity contribution in [3.05, 3.63) is 42.1 Å². The number of carbonyl (C=O) groups is 1. The number of para-hydroxylation sites is 1. The fourth-order valence-electron chi connectivity index (χ4n) is 2.04. The highest BCUT2D eigenvalue weighted by molar-refractivity contribution is 5.83. The predicted octanol–water partition coefficient (Wildman–Crippen LogP) is 2.60. The summed E-state index contributed by atoms with van der Waals surface area (Å²) in [5, 5.41) is 0.789. The summed E-state index contributed by atoms with van der Waals surface area (Å²) in [6, 6.07) is 10.1. The fourth-order valence-corrected chi connectivity index (χ4v) is 2.04. The van der Waals surface area contributed by atoms with Gasteiger partial charge in [-0.3, -0.25) is 4.98 Å². The van der Waals surface area contributed by atoms with Gasteiger partial charge in [0.25, 0.3) is 0 Å². The number of hydrogen-bond donors (Lipinski definition) is 1. The molecule has 0 saturated heterocycles. The molecule has 2 rings (SSSR count). The molecule has 0 spiro atoms. The van der Waals surface area contributed by atoms with Crippen LogP contribution in [0.1, 0.15) is 12.6 Å². The zero-order chi connectivity index (χ0) is 16.4. The Hall–Kier alpha value is -2.15. The Kier molecular flexibility index (Phi) is 4.37. The first-order chi connectivity index (χ1) is 10.3. The second kappa shape index (κ2) is 5.92. The molecule has 0 unspecified atom stereocenters. The Morgan fingerprint density at radius 3 is 2.55 bits per heavy atom. The summed E-state index contributed by atoms with van der Waals surface area (Å²) in [7, 11) is 0. The van der Waals surface area contributed by atoms with E-state index in [0.717, 1.165) is 5.39 Å². The van der Waals surface area contributed by atoms with Crippen LogP contribution in [0.3, 0.4) is 0 Å². The maximum atomic E-state index is 13.2. The highest BCUT2D eigenvalue weighted by atomic mass is 19.4. The lowest BCUT2D eigenvalue weighted by atomic mass is 9.93. The van der Waals surface area contributed by atoms with Crippen LogP contribution in [0.2, 0.25) is 0 Å². The Bertz CT molecular complexity index is 688. The monoisotopic (exact) mass is 312 g/mol. The van der Waals surface area contributed by atoms with E-state index in [1.807, 2.05) is 0 Å². The molecule has 0 amide bonds. The molecule has 1 heterocycles. The van der Waals surface area contributed by atoms with Crippen molar-refractivity contribution in [3.8, 4) is 0 Å². The first-order valence-corrected chi connectivity index (χ1v) is 6.65. The molecule has 1 atom stereocenters. The summed E-state index contributed by atoms with van der Waals surface area (Å²) in [6.45, 7) is 1.24. The summed E-state index contributed by atoms with van der Waals surface area (Å²) in [5.41, 5.74) is 2.84. The van der Waals surface area contributed by atoms with Gasteiger partial charge in [-0.2, -0.15) is 13.2 Å². The summed E-state index contributed by atoms with van der Waals surface area (Å²) in [4.78, 5) is 15.8. The lowest BCUT2D eigenvalue weighted by Gasteiger charge is -2.29. The van der Waals surface area contributed by atoms with E-state index >= 15 is 0 Å². The number of aromatic nitrogens is 1. The van der Waals surface area contributed by atoms with Gasteiger partial charge in [-0.05, 0) is 19.1 Å². The van der Waals surface area contributed by atoms with Crippen LogP contribution < -0.4 is 5.73 Å². The van der Waals surface area contributed by atoms with E-state index in [9.17, 15) is 18.0 Å². The van der Waals surface area contributed by atoms with Gasteiger partial charge in [-0.1, -0.05) is 24.3 Å². The molecule has 4 nitrogen and oxygen atoms in total. The van der Waals surface area contributed by atoms with Gasteiger partial charge in [0.1, 0.15) is 0 Å². The van der Waals surface area contributed by atoms with Gasteiger partial charge in [0.2, 0.25) is 5.54 Å². The lowest BCUT2D eigenvalue weighted by molar-refractivity contribution is -0.205.